The van der Waals surface area contributed by atoms with E-state index in [1.54, 1.807) is 56.4 Å². The molecular weight excluding hydrogens is 704 g/mol. The van der Waals surface area contributed by atoms with Gasteiger partial charge in [0.1, 0.15) is 29.4 Å². The van der Waals surface area contributed by atoms with Gasteiger partial charge in [-0.15, -0.1) is 0 Å². The molecule has 1 atom stereocenters. The van der Waals surface area contributed by atoms with Crippen LogP contribution in [0.2, 0.25) is 0 Å². The standard InChI is InChI=1S/C41H46N6O8/c1-44(23-33-35(53-3)19-25(20-36(33)54-4)32-24-45(2)39(50)31-22-42-14-11-28(31)32)15-5-6-16-46-17-12-26(13-18-46)55-27-7-8-29-30(21-27)41(52)47(40(29)51)34-9-10-37(48)43-38(34)49/h7-8,11,14,19-22,24,26,34H,5-6,9-10,12-13,15-18,23H2,1-4H3,(H,43,48,49). The first-order valence-corrected chi connectivity index (χ1v) is 18.7. The first-order valence-electron chi connectivity index (χ1n) is 18.7. The number of nitrogens with one attached hydrogen (secondary N) is 1. The number of carbonyl (C=O) groups is 4. The summed E-state index contributed by atoms with van der Waals surface area (Å²) in [5.74, 6) is -0.141. The third kappa shape index (κ3) is 7.69. The number of rotatable bonds is 13. The monoisotopic (exact) mass is 750 g/mol. The molecule has 55 heavy (non-hydrogen) atoms. The number of likely N-dealkylation sites (tertiary alicyclic amines) is 1. The van der Waals surface area contributed by atoms with Gasteiger partial charge in [-0.25, -0.2) is 0 Å². The summed E-state index contributed by atoms with van der Waals surface area (Å²) < 4.78 is 19.6. The zero-order valence-electron chi connectivity index (χ0n) is 31.6. The average Bonchev–Trinajstić information content (AvgIpc) is 3.43. The molecule has 288 valence electrons. The number of fused-ring (bicyclic) bond motifs is 2. The number of unbranched alkanes of at least 4 members (excludes halogenated alkanes) is 1. The molecule has 2 fully saturated rings. The number of nitrogens with zero attached hydrogens (tertiary/aromatic N) is 5. The van der Waals surface area contributed by atoms with E-state index in [9.17, 15) is 24.0 Å². The lowest BCUT2D eigenvalue weighted by Gasteiger charge is -2.32. The van der Waals surface area contributed by atoms with Gasteiger partial charge in [0.25, 0.3) is 17.4 Å². The minimum absolute atomic E-state index is 0.0141. The van der Waals surface area contributed by atoms with E-state index in [2.05, 4.69) is 27.1 Å². The lowest BCUT2D eigenvalue weighted by atomic mass is 9.99. The molecule has 0 aliphatic carbocycles. The summed E-state index contributed by atoms with van der Waals surface area (Å²) in [6.07, 6.45) is 9.05. The number of aryl methyl sites for hydroxylation is 1. The maximum atomic E-state index is 13.2. The molecule has 3 aliphatic rings. The van der Waals surface area contributed by atoms with Crippen molar-refractivity contribution in [3.05, 3.63) is 82.0 Å². The lowest BCUT2D eigenvalue weighted by molar-refractivity contribution is -0.136. The van der Waals surface area contributed by atoms with Crippen molar-refractivity contribution >= 4 is 34.4 Å². The summed E-state index contributed by atoms with van der Waals surface area (Å²) in [5.41, 5.74) is 3.10. The van der Waals surface area contributed by atoms with Crippen LogP contribution in [0.4, 0.5) is 0 Å². The Hall–Kier alpha value is -5.60. The number of hydrogen-bond acceptors (Lipinski definition) is 11. The predicted molar refractivity (Wildman–Crippen MR) is 204 cm³/mol. The average molecular weight is 751 g/mol. The summed E-state index contributed by atoms with van der Waals surface area (Å²) in [6.45, 7) is 4.32. The van der Waals surface area contributed by atoms with Gasteiger partial charge in [-0.2, -0.15) is 0 Å². The summed E-state index contributed by atoms with van der Waals surface area (Å²) in [4.78, 5) is 72.8. The van der Waals surface area contributed by atoms with E-state index in [-0.39, 0.29) is 35.6 Å². The van der Waals surface area contributed by atoms with Crippen molar-refractivity contribution in [3.8, 4) is 28.4 Å². The van der Waals surface area contributed by atoms with E-state index >= 15 is 0 Å². The first kappa shape index (κ1) is 37.7. The Bertz CT molecular complexity index is 2190. The number of ether oxygens (including phenoxy) is 3. The summed E-state index contributed by atoms with van der Waals surface area (Å²) in [5, 5.41) is 3.60. The molecule has 2 aromatic heterocycles. The molecule has 2 saturated heterocycles. The minimum Gasteiger partial charge on any atom is -0.496 e. The van der Waals surface area contributed by atoms with Crippen molar-refractivity contribution in [1.29, 1.82) is 0 Å². The zero-order chi connectivity index (χ0) is 38.8. The molecule has 1 unspecified atom stereocenters. The maximum absolute atomic E-state index is 13.2. The van der Waals surface area contributed by atoms with Crippen LogP contribution in [0.15, 0.2) is 59.8 Å². The topological polar surface area (TPSA) is 153 Å². The first-order chi connectivity index (χ1) is 26.6. The molecule has 0 spiro atoms. The Morgan fingerprint density at radius 3 is 2.31 bits per heavy atom. The smallest absolute Gasteiger partial charge is 0.262 e. The number of piperidine rings is 2. The second-order valence-electron chi connectivity index (χ2n) is 14.5. The third-order valence-electron chi connectivity index (χ3n) is 10.8. The Labute approximate surface area is 319 Å². The van der Waals surface area contributed by atoms with Crippen molar-refractivity contribution in [1.82, 2.24) is 29.6 Å². The van der Waals surface area contributed by atoms with Crippen molar-refractivity contribution in [2.24, 2.45) is 7.05 Å². The molecule has 4 amide bonds. The highest BCUT2D eigenvalue weighted by Gasteiger charge is 2.44. The molecule has 2 aromatic carbocycles. The fourth-order valence-electron chi connectivity index (χ4n) is 7.87. The van der Waals surface area contributed by atoms with Gasteiger partial charge >= 0.3 is 0 Å². The largest absolute Gasteiger partial charge is 0.496 e. The van der Waals surface area contributed by atoms with Gasteiger partial charge in [-0.1, -0.05) is 0 Å². The summed E-state index contributed by atoms with van der Waals surface area (Å²) in [7, 11) is 7.15. The highest BCUT2D eigenvalue weighted by atomic mass is 16.5. The van der Waals surface area contributed by atoms with Gasteiger partial charge in [-0.3, -0.25) is 39.2 Å². The van der Waals surface area contributed by atoms with E-state index in [0.29, 0.717) is 17.7 Å². The highest BCUT2D eigenvalue weighted by Crippen LogP contribution is 2.38. The number of imide groups is 2. The molecule has 5 heterocycles. The second kappa shape index (κ2) is 16.0. The minimum atomic E-state index is -0.996. The van der Waals surface area contributed by atoms with Crippen LogP contribution >= 0.6 is 0 Å². The highest BCUT2D eigenvalue weighted by molar-refractivity contribution is 6.23. The van der Waals surface area contributed by atoms with Crippen LogP contribution in [0.25, 0.3) is 21.9 Å². The van der Waals surface area contributed by atoms with E-state index in [4.69, 9.17) is 14.2 Å². The van der Waals surface area contributed by atoms with E-state index in [0.717, 1.165) is 90.3 Å². The number of amides is 4. The molecule has 1 N–H and O–H groups in total. The lowest BCUT2D eigenvalue weighted by Crippen LogP contribution is -2.54. The normalized spacial score (nSPS) is 17.9. The Kier molecular flexibility index (Phi) is 11.0. The number of pyridine rings is 2. The predicted octanol–water partition coefficient (Wildman–Crippen LogP) is 3.77. The molecule has 4 aromatic rings. The number of methoxy groups -OCH3 is 2. The molecule has 14 heteroatoms. The fraction of sp³-hybridized carbons (Fsp3) is 0.415. The Balaban J connectivity index is 0.885. The Morgan fingerprint density at radius 2 is 1.60 bits per heavy atom. The Morgan fingerprint density at radius 1 is 0.873 bits per heavy atom. The van der Waals surface area contributed by atoms with Gasteiger partial charge in [0.05, 0.1) is 36.3 Å². The fourth-order valence-corrected chi connectivity index (χ4v) is 7.87. The van der Waals surface area contributed by atoms with Gasteiger partial charge in [0.15, 0.2) is 0 Å². The molecular formula is C41H46N6O8. The zero-order valence-corrected chi connectivity index (χ0v) is 31.6. The van der Waals surface area contributed by atoms with Gasteiger partial charge in [0.2, 0.25) is 11.8 Å². The van der Waals surface area contributed by atoms with Crippen LogP contribution in [0.3, 0.4) is 0 Å². The van der Waals surface area contributed by atoms with Crippen molar-refractivity contribution < 1.29 is 33.4 Å². The molecule has 0 bridgehead atoms. The molecule has 7 rings (SSSR count). The van der Waals surface area contributed by atoms with Crippen molar-refractivity contribution in [2.75, 3.05) is 47.4 Å². The van der Waals surface area contributed by atoms with Crippen LogP contribution in [-0.4, -0.2) is 107 Å². The van der Waals surface area contributed by atoms with Gasteiger partial charge < -0.3 is 28.6 Å². The quantitative estimate of drug-likeness (QED) is 0.157. The van der Waals surface area contributed by atoms with E-state index < -0.39 is 29.7 Å². The number of carbonyl (C=O) groups excluding carboxylic acids is 4. The van der Waals surface area contributed by atoms with E-state index in [1.807, 2.05) is 24.4 Å². The van der Waals surface area contributed by atoms with Crippen LogP contribution in [0.5, 0.6) is 17.2 Å². The SMILES string of the molecule is COc1cc(-c2cn(C)c(=O)c3cnccc23)cc(OC)c1CN(C)CCCCN1CCC(Oc2ccc3c(c2)C(=O)N(C2CCC(=O)NC2=O)C3=O)CC1. The third-order valence-corrected chi connectivity index (χ3v) is 10.8. The summed E-state index contributed by atoms with van der Waals surface area (Å²) in [6, 6.07) is 9.74. The van der Waals surface area contributed by atoms with Gasteiger partial charge in [-0.05, 0) is 99.6 Å². The van der Waals surface area contributed by atoms with Crippen LogP contribution in [0.1, 0.15) is 64.8 Å². The van der Waals surface area contributed by atoms with Crippen LogP contribution in [-0.2, 0) is 23.2 Å². The molecule has 0 saturated carbocycles. The van der Waals surface area contributed by atoms with Crippen molar-refractivity contribution in [3.63, 3.8) is 0 Å². The maximum Gasteiger partial charge on any atom is 0.262 e. The molecule has 3 aliphatic heterocycles. The van der Waals surface area contributed by atoms with Crippen molar-refractivity contribution in [2.45, 2.75) is 57.2 Å². The van der Waals surface area contributed by atoms with Gasteiger partial charge in [0, 0.05) is 57.3 Å². The number of aromatic nitrogens is 2. The van der Waals surface area contributed by atoms with Crippen LogP contribution in [0, 0.1) is 0 Å². The molecule has 14 nitrogen and oxygen atoms in total. The van der Waals surface area contributed by atoms with E-state index in [1.165, 1.54) is 0 Å². The summed E-state index contributed by atoms with van der Waals surface area (Å²) >= 11 is 0. The second-order valence-corrected chi connectivity index (χ2v) is 14.5. The van der Waals surface area contributed by atoms with Crippen LogP contribution < -0.4 is 25.1 Å². The molecule has 0 radical (unpaired) electrons. The number of benzene rings is 2. The number of hydrogen-bond donors (Lipinski definition) is 1.